The molecule has 0 unspecified atom stereocenters. The summed E-state index contributed by atoms with van der Waals surface area (Å²) in [5.41, 5.74) is 3.69. The van der Waals surface area contributed by atoms with Gasteiger partial charge in [-0.05, 0) is 62.8 Å². The first-order valence-corrected chi connectivity index (χ1v) is 11.3. The topological polar surface area (TPSA) is 84.0 Å². The normalized spacial score (nSPS) is 15.9. The second-order valence-electron chi connectivity index (χ2n) is 8.32. The lowest BCUT2D eigenvalue weighted by Crippen LogP contribution is -2.22. The number of thiophene rings is 1. The van der Waals surface area contributed by atoms with Gasteiger partial charge in [0.15, 0.2) is 0 Å². The van der Waals surface area contributed by atoms with Gasteiger partial charge in [0.1, 0.15) is 10.7 Å². The summed E-state index contributed by atoms with van der Waals surface area (Å²) in [5.74, 6) is 1.60. The van der Waals surface area contributed by atoms with Gasteiger partial charge in [-0.15, -0.1) is 11.3 Å². The van der Waals surface area contributed by atoms with Gasteiger partial charge >= 0.3 is 0 Å². The van der Waals surface area contributed by atoms with Gasteiger partial charge < -0.3 is 10.6 Å². The maximum atomic E-state index is 12.8. The zero-order chi connectivity index (χ0) is 20.8. The number of nitrogens with zero attached hydrogens (tertiary/aromatic N) is 2. The van der Waals surface area contributed by atoms with Gasteiger partial charge in [0.05, 0.1) is 10.6 Å². The number of carbonyl (C=O) groups is 2. The minimum absolute atomic E-state index is 0.0889. The van der Waals surface area contributed by atoms with Crippen LogP contribution in [0.25, 0.3) is 10.2 Å². The third-order valence-electron chi connectivity index (χ3n) is 5.76. The second kappa shape index (κ2) is 7.47. The quantitative estimate of drug-likeness (QED) is 0.616. The zero-order valence-corrected chi connectivity index (χ0v) is 17.9. The molecule has 2 saturated carbocycles. The third kappa shape index (κ3) is 3.81. The fourth-order valence-corrected chi connectivity index (χ4v) is 4.81. The number of amides is 2. The van der Waals surface area contributed by atoms with Crippen LogP contribution in [0.2, 0.25) is 0 Å². The minimum atomic E-state index is -0.0889. The van der Waals surface area contributed by atoms with Crippen molar-refractivity contribution >= 4 is 39.1 Å². The molecular formula is C23H24N4O2S. The van der Waals surface area contributed by atoms with Crippen molar-refractivity contribution in [2.24, 2.45) is 5.92 Å². The van der Waals surface area contributed by atoms with Crippen LogP contribution in [0.4, 0.5) is 5.69 Å². The van der Waals surface area contributed by atoms with Gasteiger partial charge in [-0.2, -0.15) is 0 Å². The van der Waals surface area contributed by atoms with Crippen LogP contribution in [0.3, 0.4) is 0 Å². The van der Waals surface area contributed by atoms with E-state index in [1.807, 2.05) is 38.1 Å². The maximum Gasteiger partial charge on any atom is 0.261 e. The summed E-state index contributed by atoms with van der Waals surface area (Å²) in [5, 5.41) is 6.94. The molecule has 1 aromatic carbocycles. The van der Waals surface area contributed by atoms with E-state index in [4.69, 9.17) is 4.98 Å². The molecule has 0 bridgehead atoms. The van der Waals surface area contributed by atoms with Crippen LogP contribution < -0.4 is 10.6 Å². The lowest BCUT2D eigenvalue weighted by molar-refractivity contribution is -0.117. The Morgan fingerprint density at radius 2 is 1.80 bits per heavy atom. The van der Waals surface area contributed by atoms with E-state index in [-0.39, 0.29) is 17.7 Å². The molecule has 2 N–H and O–H groups in total. The van der Waals surface area contributed by atoms with Crippen LogP contribution in [-0.4, -0.2) is 21.8 Å². The van der Waals surface area contributed by atoms with E-state index in [2.05, 4.69) is 15.6 Å². The lowest BCUT2D eigenvalue weighted by atomic mass is 10.1. The number of nitrogens with one attached hydrogen (secondary N) is 2. The zero-order valence-electron chi connectivity index (χ0n) is 17.1. The van der Waals surface area contributed by atoms with Gasteiger partial charge in [0.2, 0.25) is 5.91 Å². The van der Waals surface area contributed by atoms with Gasteiger partial charge in [-0.1, -0.05) is 12.1 Å². The first-order chi connectivity index (χ1) is 14.5. The smallest absolute Gasteiger partial charge is 0.261 e. The highest BCUT2D eigenvalue weighted by Gasteiger charge is 2.30. The summed E-state index contributed by atoms with van der Waals surface area (Å²) < 4.78 is 0. The summed E-state index contributed by atoms with van der Waals surface area (Å²) >= 11 is 1.45. The van der Waals surface area contributed by atoms with Crippen LogP contribution in [0.15, 0.2) is 24.3 Å². The molecule has 2 heterocycles. The molecule has 3 aromatic rings. The molecule has 7 heteroatoms. The number of hydrogen-bond acceptors (Lipinski definition) is 5. The molecule has 0 aliphatic heterocycles. The maximum absolute atomic E-state index is 12.8. The molecule has 0 saturated heterocycles. The van der Waals surface area contributed by atoms with E-state index in [1.54, 1.807) is 0 Å². The van der Waals surface area contributed by atoms with Crippen molar-refractivity contribution in [3.63, 3.8) is 0 Å². The van der Waals surface area contributed by atoms with Crippen LogP contribution in [-0.2, 0) is 11.3 Å². The Hall–Kier alpha value is -2.80. The Labute approximate surface area is 179 Å². The first kappa shape index (κ1) is 19.2. The van der Waals surface area contributed by atoms with Gasteiger partial charge in [0.25, 0.3) is 5.91 Å². The number of anilines is 1. The van der Waals surface area contributed by atoms with Gasteiger partial charge in [-0.3, -0.25) is 9.59 Å². The molecular weight excluding hydrogens is 396 g/mol. The SMILES string of the molecule is Cc1nc(C2CC2)nc2sc(C(=O)NCc3ccc(NC(=O)C4CC4)cc3)c(C)c12. The number of hydrogen-bond donors (Lipinski definition) is 2. The van der Waals surface area contributed by atoms with Crippen LogP contribution >= 0.6 is 11.3 Å². The number of rotatable bonds is 6. The molecule has 30 heavy (non-hydrogen) atoms. The predicted octanol–water partition coefficient (Wildman–Crippen LogP) is 4.46. The number of aryl methyl sites for hydroxylation is 2. The van der Waals surface area contributed by atoms with Crippen LogP contribution in [0, 0.1) is 19.8 Å². The molecule has 154 valence electrons. The summed E-state index contributed by atoms with van der Waals surface area (Å²) in [6.07, 6.45) is 4.29. The van der Waals surface area contributed by atoms with E-state index < -0.39 is 0 Å². The average Bonchev–Trinajstić information content (AvgIpc) is 3.63. The molecule has 6 nitrogen and oxygen atoms in total. The van der Waals surface area contributed by atoms with Crippen molar-refractivity contribution in [2.45, 2.75) is 52.0 Å². The van der Waals surface area contributed by atoms with Gasteiger partial charge in [0, 0.05) is 29.5 Å². The monoisotopic (exact) mass is 420 g/mol. The highest BCUT2D eigenvalue weighted by Crippen LogP contribution is 2.40. The Bertz CT molecular complexity index is 1140. The number of aromatic nitrogens is 2. The first-order valence-electron chi connectivity index (χ1n) is 10.4. The molecule has 2 fully saturated rings. The van der Waals surface area contributed by atoms with Crippen molar-refractivity contribution in [1.29, 1.82) is 0 Å². The van der Waals surface area contributed by atoms with Crippen molar-refractivity contribution in [1.82, 2.24) is 15.3 Å². The van der Waals surface area contributed by atoms with Crippen LogP contribution in [0.1, 0.15) is 63.9 Å². The Balaban J connectivity index is 1.27. The van der Waals surface area contributed by atoms with E-state index in [0.29, 0.717) is 17.3 Å². The lowest BCUT2D eigenvalue weighted by Gasteiger charge is -2.07. The van der Waals surface area contributed by atoms with Crippen molar-refractivity contribution in [3.05, 3.63) is 51.8 Å². The van der Waals surface area contributed by atoms with Gasteiger partial charge in [-0.25, -0.2) is 9.97 Å². The molecule has 2 aliphatic carbocycles. The third-order valence-corrected chi connectivity index (χ3v) is 6.94. The van der Waals surface area contributed by atoms with Crippen LogP contribution in [0.5, 0.6) is 0 Å². The standard InChI is InChI=1S/C23H24N4O2S/c1-12-18-13(2)25-20(15-5-6-15)27-23(18)30-19(12)22(29)24-11-14-3-9-17(10-4-14)26-21(28)16-7-8-16/h3-4,9-10,15-16H,5-8,11H2,1-2H3,(H,24,29)(H,26,28). The molecule has 0 atom stereocenters. The van der Waals surface area contributed by atoms with E-state index in [0.717, 1.165) is 64.2 Å². The minimum Gasteiger partial charge on any atom is -0.347 e. The molecule has 2 amide bonds. The average molecular weight is 421 g/mol. The van der Waals surface area contributed by atoms with Crippen molar-refractivity contribution in [2.75, 3.05) is 5.32 Å². The highest BCUT2D eigenvalue weighted by atomic mass is 32.1. The van der Waals surface area contributed by atoms with Crippen molar-refractivity contribution < 1.29 is 9.59 Å². The second-order valence-corrected chi connectivity index (χ2v) is 9.32. The van der Waals surface area contributed by atoms with E-state index in [9.17, 15) is 9.59 Å². The largest absolute Gasteiger partial charge is 0.347 e. The Morgan fingerprint density at radius 3 is 2.47 bits per heavy atom. The Kier molecular flexibility index (Phi) is 4.77. The molecule has 2 aliphatic rings. The van der Waals surface area contributed by atoms with E-state index >= 15 is 0 Å². The predicted molar refractivity (Wildman–Crippen MR) is 118 cm³/mol. The fourth-order valence-electron chi connectivity index (χ4n) is 3.66. The molecule has 2 aromatic heterocycles. The molecule has 0 radical (unpaired) electrons. The fraction of sp³-hybridized carbons (Fsp3) is 0.391. The molecule has 0 spiro atoms. The number of benzene rings is 1. The Morgan fingerprint density at radius 1 is 1.07 bits per heavy atom. The number of carbonyl (C=O) groups excluding carboxylic acids is 2. The summed E-state index contributed by atoms with van der Waals surface area (Å²) in [7, 11) is 0. The summed E-state index contributed by atoms with van der Waals surface area (Å²) in [4.78, 5) is 35.7. The molecule has 5 rings (SSSR count). The summed E-state index contributed by atoms with van der Waals surface area (Å²) in [6, 6.07) is 7.62. The van der Waals surface area contributed by atoms with E-state index in [1.165, 1.54) is 11.3 Å². The number of fused-ring (bicyclic) bond motifs is 1. The van der Waals surface area contributed by atoms with Crippen molar-refractivity contribution in [3.8, 4) is 0 Å². The highest BCUT2D eigenvalue weighted by molar-refractivity contribution is 7.20. The summed E-state index contributed by atoms with van der Waals surface area (Å²) in [6.45, 7) is 4.40.